The number of rotatable bonds is 5. The van der Waals surface area contributed by atoms with Crippen LogP contribution in [0.25, 0.3) is 0 Å². The van der Waals surface area contributed by atoms with E-state index in [0.29, 0.717) is 0 Å². The highest BCUT2D eigenvalue weighted by Gasteiger charge is 2.24. The highest BCUT2D eigenvalue weighted by atomic mass is 32.2. The zero-order valence-corrected chi connectivity index (χ0v) is 10.4. The summed E-state index contributed by atoms with van der Waals surface area (Å²) in [5.41, 5.74) is 5.60. The van der Waals surface area contributed by atoms with Gasteiger partial charge in [0.05, 0.1) is 5.69 Å². The highest BCUT2D eigenvalue weighted by molar-refractivity contribution is 7.89. The van der Waals surface area contributed by atoms with E-state index in [0.717, 1.165) is 12.1 Å². The largest absolute Gasteiger partial charge is 0.398 e. The summed E-state index contributed by atoms with van der Waals surface area (Å²) >= 11 is 0. The molecule has 94 valence electrons. The summed E-state index contributed by atoms with van der Waals surface area (Å²) in [4.78, 5) is -0.207. The standard InChI is InChI=1S/C11H15FN2O2S/c1-3-7-14(4-2)17(15,16)11-8-9(12)5-6-10(11)13/h3,5-6,8H,1,4,7,13H2,2H3. The fourth-order valence-corrected chi connectivity index (χ4v) is 2.96. The first-order valence-electron chi connectivity index (χ1n) is 5.09. The lowest BCUT2D eigenvalue weighted by molar-refractivity contribution is 0.459. The Kier molecular flexibility index (Phi) is 4.25. The topological polar surface area (TPSA) is 63.4 Å². The second kappa shape index (κ2) is 5.29. The van der Waals surface area contributed by atoms with Gasteiger partial charge in [-0.25, -0.2) is 12.8 Å². The first kappa shape index (κ1) is 13.7. The minimum Gasteiger partial charge on any atom is -0.398 e. The van der Waals surface area contributed by atoms with Crippen LogP contribution in [0.3, 0.4) is 0 Å². The third-order valence-electron chi connectivity index (χ3n) is 2.28. The van der Waals surface area contributed by atoms with Crippen molar-refractivity contribution in [1.29, 1.82) is 0 Å². The number of nitrogen functional groups attached to an aromatic ring is 1. The molecule has 1 aromatic carbocycles. The second-order valence-corrected chi connectivity index (χ2v) is 5.33. The number of sulfonamides is 1. The Balaban J connectivity index is 3.29. The Morgan fingerprint density at radius 3 is 2.71 bits per heavy atom. The molecule has 0 fully saturated rings. The van der Waals surface area contributed by atoms with Gasteiger partial charge in [0.2, 0.25) is 10.0 Å². The molecule has 0 atom stereocenters. The maximum atomic E-state index is 13.1. The maximum absolute atomic E-state index is 13.1. The maximum Gasteiger partial charge on any atom is 0.245 e. The smallest absolute Gasteiger partial charge is 0.245 e. The van der Waals surface area contributed by atoms with Gasteiger partial charge in [-0.3, -0.25) is 0 Å². The van der Waals surface area contributed by atoms with Crippen LogP contribution in [0.5, 0.6) is 0 Å². The molecular formula is C11H15FN2O2S. The van der Waals surface area contributed by atoms with Gasteiger partial charge in [0.15, 0.2) is 0 Å². The van der Waals surface area contributed by atoms with E-state index >= 15 is 0 Å². The first-order valence-corrected chi connectivity index (χ1v) is 6.53. The summed E-state index contributed by atoms with van der Waals surface area (Å²) in [5, 5.41) is 0. The Hall–Kier alpha value is -1.40. The molecular weight excluding hydrogens is 243 g/mol. The van der Waals surface area contributed by atoms with Gasteiger partial charge in [0.25, 0.3) is 0 Å². The van der Waals surface area contributed by atoms with Crippen molar-refractivity contribution in [2.75, 3.05) is 18.8 Å². The molecule has 0 aromatic heterocycles. The van der Waals surface area contributed by atoms with Gasteiger partial charge in [0, 0.05) is 13.1 Å². The molecule has 4 nitrogen and oxygen atoms in total. The molecule has 0 aliphatic rings. The van der Waals surface area contributed by atoms with E-state index in [-0.39, 0.29) is 23.7 Å². The van der Waals surface area contributed by atoms with Crippen LogP contribution in [-0.4, -0.2) is 25.8 Å². The number of anilines is 1. The minimum absolute atomic E-state index is 0.0360. The molecule has 17 heavy (non-hydrogen) atoms. The number of hydrogen-bond donors (Lipinski definition) is 1. The lowest BCUT2D eigenvalue weighted by atomic mass is 10.3. The summed E-state index contributed by atoms with van der Waals surface area (Å²) in [6.45, 7) is 5.60. The third-order valence-corrected chi connectivity index (χ3v) is 4.28. The monoisotopic (exact) mass is 258 g/mol. The quantitative estimate of drug-likeness (QED) is 0.644. The van der Waals surface area contributed by atoms with Crippen LogP contribution in [0.2, 0.25) is 0 Å². The molecule has 0 bridgehead atoms. The van der Waals surface area contributed by atoms with Crippen LogP contribution in [0.1, 0.15) is 6.92 Å². The molecule has 6 heteroatoms. The normalized spacial score (nSPS) is 11.7. The molecule has 0 saturated heterocycles. The molecule has 0 heterocycles. The van der Waals surface area contributed by atoms with Crippen molar-refractivity contribution >= 4 is 15.7 Å². The summed E-state index contributed by atoms with van der Waals surface area (Å²) < 4.78 is 38.6. The molecule has 0 radical (unpaired) electrons. The van der Waals surface area contributed by atoms with Gasteiger partial charge in [0.1, 0.15) is 10.7 Å². The fraction of sp³-hybridized carbons (Fsp3) is 0.273. The van der Waals surface area contributed by atoms with Crippen LogP contribution in [0.4, 0.5) is 10.1 Å². The average Bonchev–Trinajstić information content (AvgIpc) is 2.28. The Labute approximate surface area is 101 Å². The zero-order chi connectivity index (χ0) is 13.1. The van der Waals surface area contributed by atoms with Crippen molar-refractivity contribution in [3.63, 3.8) is 0 Å². The van der Waals surface area contributed by atoms with Crippen molar-refractivity contribution < 1.29 is 12.8 Å². The predicted octanol–water partition coefficient (Wildman–Crippen LogP) is 1.60. The van der Waals surface area contributed by atoms with E-state index < -0.39 is 15.8 Å². The van der Waals surface area contributed by atoms with Gasteiger partial charge < -0.3 is 5.73 Å². The molecule has 2 N–H and O–H groups in total. The number of nitrogens with zero attached hydrogens (tertiary/aromatic N) is 1. The van der Waals surface area contributed by atoms with Crippen molar-refractivity contribution in [3.8, 4) is 0 Å². The van der Waals surface area contributed by atoms with Crippen LogP contribution < -0.4 is 5.73 Å². The van der Waals surface area contributed by atoms with Gasteiger partial charge in [-0.2, -0.15) is 4.31 Å². The van der Waals surface area contributed by atoms with Gasteiger partial charge in [-0.15, -0.1) is 6.58 Å². The molecule has 0 aliphatic heterocycles. The van der Waals surface area contributed by atoms with E-state index in [1.807, 2.05) is 0 Å². The van der Waals surface area contributed by atoms with Gasteiger partial charge in [-0.1, -0.05) is 13.0 Å². The van der Waals surface area contributed by atoms with E-state index in [1.54, 1.807) is 6.92 Å². The summed E-state index contributed by atoms with van der Waals surface area (Å²) in [6.07, 6.45) is 1.47. The van der Waals surface area contributed by atoms with E-state index in [2.05, 4.69) is 6.58 Å². The SMILES string of the molecule is C=CCN(CC)S(=O)(=O)c1cc(F)ccc1N. The van der Waals surface area contributed by atoms with E-state index in [1.165, 1.54) is 16.4 Å². The molecule has 1 rings (SSSR count). The van der Waals surface area contributed by atoms with Crippen molar-refractivity contribution in [1.82, 2.24) is 4.31 Å². The molecule has 0 amide bonds. The van der Waals surface area contributed by atoms with E-state index in [9.17, 15) is 12.8 Å². The highest BCUT2D eigenvalue weighted by Crippen LogP contribution is 2.23. The number of benzene rings is 1. The third kappa shape index (κ3) is 2.83. The second-order valence-electron chi connectivity index (χ2n) is 3.43. The summed E-state index contributed by atoms with van der Waals surface area (Å²) in [7, 11) is -3.77. The van der Waals surface area contributed by atoms with Crippen LogP contribution in [0.15, 0.2) is 35.7 Å². The van der Waals surface area contributed by atoms with Crippen molar-refractivity contribution in [2.24, 2.45) is 0 Å². The van der Waals surface area contributed by atoms with Crippen molar-refractivity contribution in [3.05, 3.63) is 36.7 Å². The summed E-state index contributed by atoms with van der Waals surface area (Å²) in [6, 6.07) is 3.29. The van der Waals surface area contributed by atoms with Crippen LogP contribution in [0, 0.1) is 5.82 Å². The number of likely N-dealkylation sites (N-methyl/N-ethyl adjacent to an activating group) is 1. The Bertz CT molecular complexity index is 514. The lowest BCUT2D eigenvalue weighted by Gasteiger charge is -2.19. The van der Waals surface area contributed by atoms with Crippen molar-refractivity contribution in [2.45, 2.75) is 11.8 Å². The predicted molar refractivity (Wildman–Crippen MR) is 65.4 cm³/mol. The van der Waals surface area contributed by atoms with E-state index in [4.69, 9.17) is 5.73 Å². The minimum atomic E-state index is -3.77. The fourth-order valence-electron chi connectivity index (χ4n) is 1.41. The van der Waals surface area contributed by atoms with Crippen LogP contribution in [-0.2, 0) is 10.0 Å². The molecule has 1 aromatic rings. The number of hydrogen-bond acceptors (Lipinski definition) is 3. The Morgan fingerprint density at radius 1 is 1.53 bits per heavy atom. The van der Waals surface area contributed by atoms with Gasteiger partial charge >= 0.3 is 0 Å². The number of halogens is 1. The average molecular weight is 258 g/mol. The Morgan fingerprint density at radius 2 is 2.18 bits per heavy atom. The molecule has 0 unspecified atom stereocenters. The van der Waals surface area contributed by atoms with Crippen LogP contribution >= 0.6 is 0 Å². The first-order chi connectivity index (χ1) is 7.93. The number of nitrogens with two attached hydrogens (primary N) is 1. The lowest BCUT2D eigenvalue weighted by Crippen LogP contribution is -2.31. The molecule has 0 aliphatic carbocycles. The van der Waals surface area contributed by atoms with Gasteiger partial charge in [-0.05, 0) is 18.2 Å². The zero-order valence-electron chi connectivity index (χ0n) is 9.56. The summed E-state index contributed by atoms with van der Waals surface area (Å²) in [5.74, 6) is -0.632. The molecule has 0 saturated carbocycles. The molecule has 0 spiro atoms.